The smallest absolute Gasteiger partial charge is 0.251 e. The molecule has 0 radical (unpaired) electrons. The zero-order valence-electron chi connectivity index (χ0n) is 11.5. The highest BCUT2D eigenvalue weighted by Gasteiger charge is 2.20. The summed E-state index contributed by atoms with van der Waals surface area (Å²) < 4.78 is 28.6. The van der Waals surface area contributed by atoms with E-state index in [0.29, 0.717) is 0 Å². The Morgan fingerprint density at radius 3 is 2.86 bits per heavy atom. The van der Waals surface area contributed by atoms with E-state index in [0.717, 1.165) is 48.7 Å². The summed E-state index contributed by atoms with van der Waals surface area (Å²) in [4.78, 5) is 12.1. The average Bonchev–Trinajstić information content (AvgIpc) is 2.46. The number of nitrogens with zero attached hydrogens (tertiary/aromatic N) is 1. The minimum absolute atomic E-state index is 0.0261. The molecule has 2 N–H and O–H groups in total. The SMILES string of the molecule is NC1CCCc2c1ccc(=O)n2Cc1cc(F)ccc1F. The highest BCUT2D eigenvalue weighted by Crippen LogP contribution is 2.27. The van der Waals surface area contributed by atoms with Gasteiger partial charge in [-0.25, -0.2) is 8.78 Å². The van der Waals surface area contributed by atoms with Crippen LogP contribution in [0.1, 0.15) is 35.7 Å². The first-order valence-electron chi connectivity index (χ1n) is 6.98. The lowest BCUT2D eigenvalue weighted by atomic mass is 9.91. The maximum absolute atomic E-state index is 13.8. The molecule has 1 atom stereocenters. The molecule has 0 spiro atoms. The van der Waals surface area contributed by atoms with Crippen molar-refractivity contribution in [1.82, 2.24) is 4.57 Å². The normalized spacial score (nSPS) is 17.6. The van der Waals surface area contributed by atoms with Crippen LogP contribution < -0.4 is 11.3 Å². The summed E-state index contributed by atoms with van der Waals surface area (Å²) in [6.07, 6.45) is 2.50. The summed E-state index contributed by atoms with van der Waals surface area (Å²) >= 11 is 0. The van der Waals surface area contributed by atoms with E-state index < -0.39 is 11.6 Å². The molecule has 1 aliphatic rings. The summed E-state index contributed by atoms with van der Waals surface area (Å²) in [7, 11) is 0. The van der Waals surface area contributed by atoms with Gasteiger partial charge in [0, 0.05) is 23.4 Å². The fourth-order valence-electron chi connectivity index (χ4n) is 2.91. The van der Waals surface area contributed by atoms with Crippen LogP contribution in [0.2, 0.25) is 0 Å². The molecule has 1 aliphatic carbocycles. The molecular formula is C16H16F2N2O. The van der Waals surface area contributed by atoms with Crippen LogP contribution in [-0.2, 0) is 13.0 Å². The van der Waals surface area contributed by atoms with E-state index in [2.05, 4.69) is 0 Å². The summed E-state index contributed by atoms with van der Waals surface area (Å²) in [6.45, 7) is 0.0261. The van der Waals surface area contributed by atoms with Crippen LogP contribution in [0, 0.1) is 11.6 Å². The molecule has 0 fully saturated rings. The highest BCUT2D eigenvalue weighted by molar-refractivity contribution is 5.29. The van der Waals surface area contributed by atoms with Crippen molar-refractivity contribution in [3.8, 4) is 0 Å². The molecule has 5 heteroatoms. The average molecular weight is 290 g/mol. The number of benzene rings is 1. The van der Waals surface area contributed by atoms with Gasteiger partial charge in [0.15, 0.2) is 0 Å². The monoisotopic (exact) mass is 290 g/mol. The number of halogens is 2. The summed E-state index contributed by atoms with van der Waals surface area (Å²) in [6, 6.07) is 6.37. The van der Waals surface area contributed by atoms with Gasteiger partial charge in [-0.1, -0.05) is 6.07 Å². The van der Waals surface area contributed by atoms with Crippen molar-refractivity contribution in [2.45, 2.75) is 31.8 Å². The van der Waals surface area contributed by atoms with Gasteiger partial charge >= 0.3 is 0 Å². The van der Waals surface area contributed by atoms with Gasteiger partial charge in [0.2, 0.25) is 0 Å². The van der Waals surface area contributed by atoms with Gasteiger partial charge in [-0.15, -0.1) is 0 Å². The second-order valence-corrected chi connectivity index (χ2v) is 5.39. The predicted molar refractivity (Wildman–Crippen MR) is 76.0 cm³/mol. The quantitative estimate of drug-likeness (QED) is 0.924. The van der Waals surface area contributed by atoms with Crippen LogP contribution in [0.4, 0.5) is 8.78 Å². The van der Waals surface area contributed by atoms with Crippen molar-refractivity contribution in [3.63, 3.8) is 0 Å². The second kappa shape index (κ2) is 5.41. The van der Waals surface area contributed by atoms with Gasteiger partial charge in [-0.05, 0) is 43.0 Å². The molecule has 21 heavy (non-hydrogen) atoms. The van der Waals surface area contributed by atoms with E-state index in [-0.39, 0.29) is 23.7 Å². The lowest BCUT2D eigenvalue weighted by Crippen LogP contribution is -2.29. The fourth-order valence-corrected chi connectivity index (χ4v) is 2.91. The molecule has 0 saturated carbocycles. The van der Waals surface area contributed by atoms with Crippen molar-refractivity contribution in [3.05, 3.63) is 69.1 Å². The third-order valence-corrected chi connectivity index (χ3v) is 3.99. The molecule has 3 rings (SSSR count). The summed E-state index contributed by atoms with van der Waals surface area (Å²) in [5.41, 5.74) is 7.78. The highest BCUT2D eigenvalue weighted by atomic mass is 19.1. The van der Waals surface area contributed by atoms with Crippen molar-refractivity contribution in [2.24, 2.45) is 5.73 Å². The number of hydrogen-bond donors (Lipinski definition) is 1. The van der Waals surface area contributed by atoms with Gasteiger partial charge in [-0.2, -0.15) is 0 Å². The maximum atomic E-state index is 13.8. The predicted octanol–water partition coefficient (Wildman–Crippen LogP) is 2.51. The number of fused-ring (bicyclic) bond motifs is 1. The third kappa shape index (κ3) is 2.61. The molecule has 110 valence electrons. The van der Waals surface area contributed by atoms with Crippen LogP contribution in [0.15, 0.2) is 35.1 Å². The molecule has 0 amide bonds. The Bertz CT molecular complexity index is 740. The lowest BCUT2D eigenvalue weighted by molar-refractivity contribution is 0.521. The van der Waals surface area contributed by atoms with Crippen LogP contribution in [0.3, 0.4) is 0 Å². The lowest BCUT2D eigenvalue weighted by Gasteiger charge is -2.25. The largest absolute Gasteiger partial charge is 0.324 e. The van der Waals surface area contributed by atoms with Crippen LogP contribution in [0.25, 0.3) is 0 Å². The van der Waals surface area contributed by atoms with Crippen molar-refractivity contribution >= 4 is 0 Å². The first-order chi connectivity index (χ1) is 10.1. The molecule has 0 bridgehead atoms. The van der Waals surface area contributed by atoms with Gasteiger partial charge in [-0.3, -0.25) is 4.79 Å². The second-order valence-electron chi connectivity index (χ2n) is 5.39. The number of hydrogen-bond acceptors (Lipinski definition) is 2. The molecule has 1 unspecified atom stereocenters. The van der Waals surface area contributed by atoms with E-state index in [9.17, 15) is 13.6 Å². The van der Waals surface area contributed by atoms with Crippen LogP contribution in [0.5, 0.6) is 0 Å². The Hall–Kier alpha value is -2.01. The summed E-state index contributed by atoms with van der Waals surface area (Å²) in [5, 5.41) is 0. The Labute approximate surface area is 121 Å². The molecular weight excluding hydrogens is 274 g/mol. The van der Waals surface area contributed by atoms with Crippen molar-refractivity contribution in [2.75, 3.05) is 0 Å². The number of aromatic nitrogens is 1. The van der Waals surface area contributed by atoms with Gasteiger partial charge in [0.25, 0.3) is 5.56 Å². The molecule has 2 aromatic rings. The van der Waals surface area contributed by atoms with Gasteiger partial charge < -0.3 is 10.3 Å². The number of nitrogens with two attached hydrogens (primary N) is 1. The van der Waals surface area contributed by atoms with Crippen LogP contribution >= 0.6 is 0 Å². The molecule has 1 aromatic carbocycles. The topological polar surface area (TPSA) is 48.0 Å². The van der Waals surface area contributed by atoms with E-state index >= 15 is 0 Å². The minimum atomic E-state index is -0.513. The first-order valence-corrected chi connectivity index (χ1v) is 6.98. The Morgan fingerprint density at radius 1 is 1.24 bits per heavy atom. The van der Waals surface area contributed by atoms with Crippen molar-refractivity contribution < 1.29 is 8.78 Å². The number of rotatable bonds is 2. The first kappa shape index (κ1) is 13.9. The Balaban J connectivity index is 2.08. The molecule has 1 aromatic heterocycles. The fraction of sp³-hybridized carbons (Fsp3) is 0.312. The minimum Gasteiger partial charge on any atom is -0.324 e. The molecule has 0 aliphatic heterocycles. The van der Waals surface area contributed by atoms with Gasteiger partial charge in [0.1, 0.15) is 11.6 Å². The third-order valence-electron chi connectivity index (χ3n) is 3.99. The Kier molecular flexibility index (Phi) is 3.59. The standard InChI is InChI=1S/C16H16F2N2O/c17-11-4-6-13(18)10(8-11)9-20-15-3-1-2-14(19)12(15)5-7-16(20)21/h4-8,14H,1-3,9,19H2. The van der Waals surface area contributed by atoms with E-state index in [1.165, 1.54) is 10.6 Å². The molecule has 3 nitrogen and oxygen atoms in total. The molecule has 0 saturated heterocycles. The number of pyridine rings is 1. The molecule has 1 heterocycles. The van der Waals surface area contributed by atoms with Gasteiger partial charge in [0.05, 0.1) is 6.54 Å². The summed E-state index contributed by atoms with van der Waals surface area (Å²) in [5.74, 6) is -1.03. The van der Waals surface area contributed by atoms with Crippen LogP contribution in [-0.4, -0.2) is 4.57 Å². The Morgan fingerprint density at radius 2 is 2.05 bits per heavy atom. The van der Waals surface area contributed by atoms with E-state index in [1.54, 1.807) is 6.07 Å². The van der Waals surface area contributed by atoms with Crippen molar-refractivity contribution in [1.29, 1.82) is 0 Å². The van der Waals surface area contributed by atoms with E-state index in [1.807, 2.05) is 0 Å². The maximum Gasteiger partial charge on any atom is 0.251 e. The zero-order chi connectivity index (χ0) is 15.0. The zero-order valence-corrected chi connectivity index (χ0v) is 11.5. The van der Waals surface area contributed by atoms with E-state index in [4.69, 9.17) is 5.73 Å².